The summed E-state index contributed by atoms with van der Waals surface area (Å²) >= 11 is 5.83. The molecule has 0 aliphatic heterocycles. The van der Waals surface area contributed by atoms with E-state index in [9.17, 15) is 14.9 Å². The number of aryl methyl sites for hydroxylation is 1. The van der Waals surface area contributed by atoms with Crippen LogP contribution in [0.4, 0.5) is 17.1 Å². The van der Waals surface area contributed by atoms with Crippen molar-refractivity contribution >= 4 is 34.6 Å². The summed E-state index contributed by atoms with van der Waals surface area (Å²) < 4.78 is 0. The third-order valence-corrected chi connectivity index (χ3v) is 3.15. The van der Waals surface area contributed by atoms with Gasteiger partial charge in [0.2, 0.25) is 0 Å². The summed E-state index contributed by atoms with van der Waals surface area (Å²) in [7, 11) is 0. The van der Waals surface area contributed by atoms with Gasteiger partial charge in [-0.25, -0.2) is 0 Å². The van der Waals surface area contributed by atoms with Gasteiger partial charge >= 0.3 is 0 Å². The number of rotatable bonds is 3. The quantitative estimate of drug-likeness (QED) is 0.516. The van der Waals surface area contributed by atoms with E-state index in [1.165, 1.54) is 24.3 Å². The van der Waals surface area contributed by atoms with Gasteiger partial charge in [-0.1, -0.05) is 11.6 Å². The van der Waals surface area contributed by atoms with Crippen molar-refractivity contribution in [3.05, 3.63) is 62.7 Å². The summed E-state index contributed by atoms with van der Waals surface area (Å²) in [6.07, 6.45) is 0. The molecule has 108 valence electrons. The highest BCUT2D eigenvalue weighted by atomic mass is 35.5. The van der Waals surface area contributed by atoms with Crippen LogP contribution in [0, 0.1) is 17.0 Å². The van der Waals surface area contributed by atoms with Crippen molar-refractivity contribution in [1.82, 2.24) is 0 Å². The fourth-order valence-corrected chi connectivity index (χ4v) is 2.03. The van der Waals surface area contributed by atoms with Crippen LogP contribution in [-0.4, -0.2) is 10.8 Å². The van der Waals surface area contributed by atoms with Gasteiger partial charge < -0.3 is 11.1 Å². The predicted molar refractivity (Wildman–Crippen MR) is 81.7 cm³/mol. The Balaban J connectivity index is 2.26. The first-order valence-corrected chi connectivity index (χ1v) is 6.37. The third kappa shape index (κ3) is 3.29. The van der Waals surface area contributed by atoms with Gasteiger partial charge in [-0.3, -0.25) is 14.9 Å². The van der Waals surface area contributed by atoms with E-state index >= 15 is 0 Å². The molecule has 0 bridgehead atoms. The van der Waals surface area contributed by atoms with Gasteiger partial charge in [0.15, 0.2) is 0 Å². The Morgan fingerprint density at radius 1 is 1.29 bits per heavy atom. The van der Waals surface area contributed by atoms with Gasteiger partial charge in [0, 0.05) is 28.0 Å². The molecule has 0 heterocycles. The maximum atomic E-state index is 12.1. The summed E-state index contributed by atoms with van der Waals surface area (Å²) in [4.78, 5) is 22.4. The molecule has 1 amide bonds. The van der Waals surface area contributed by atoms with Crippen molar-refractivity contribution in [2.24, 2.45) is 0 Å². The van der Waals surface area contributed by atoms with E-state index in [1.54, 1.807) is 19.1 Å². The Hall–Kier alpha value is -2.60. The maximum Gasteiger partial charge on any atom is 0.272 e. The average Bonchev–Trinajstić information content (AvgIpc) is 2.41. The van der Waals surface area contributed by atoms with Crippen LogP contribution in [0.5, 0.6) is 0 Å². The minimum Gasteiger partial charge on any atom is -0.398 e. The highest BCUT2D eigenvalue weighted by Crippen LogP contribution is 2.23. The number of nitro benzene ring substituents is 1. The molecule has 0 aliphatic rings. The van der Waals surface area contributed by atoms with E-state index in [-0.39, 0.29) is 11.3 Å². The Labute approximate surface area is 125 Å². The molecule has 2 aromatic carbocycles. The number of halogens is 1. The van der Waals surface area contributed by atoms with Crippen LogP contribution in [0.3, 0.4) is 0 Å². The SMILES string of the molecule is Cc1cc(NC(=O)c2cc(Cl)ccc2N)ccc1[N+](=O)[O-]. The van der Waals surface area contributed by atoms with Crippen LogP contribution in [0.2, 0.25) is 5.02 Å². The Morgan fingerprint density at radius 3 is 2.62 bits per heavy atom. The van der Waals surface area contributed by atoms with E-state index in [1.807, 2.05) is 0 Å². The van der Waals surface area contributed by atoms with Gasteiger partial charge in [0.25, 0.3) is 11.6 Å². The zero-order valence-electron chi connectivity index (χ0n) is 11.1. The number of carbonyl (C=O) groups excluding carboxylic acids is 1. The van der Waals surface area contributed by atoms with Crippen LogP contribution in [0.1, 0.15) is 15.9 Å². The third-order valence-electron chi connectivity index (χ3n) is 2.91. The number of hydrogen-bond acceptors (Lipinski definition) is 4. The van der Waals surface area contributed by atoms with Crippen LogP contribution in [-0.2, 0) is 0 Å². The average molecular weight is 306 g/mol. The number of anilines is 2. The van der Waals surface area contributed by atoms with Crippen molar-refractivity contribution in [3.63, 3.8) is 0 Å². The smallest absolute Gasteiger partial charge is 0.272 e. The summed E-state index contributed by atoms with van der Waals surface area (Å²) in [5.41, 5.74) is 7.18. The Kier molecular flexibility index (Phi) is 4.09. The second-order valence-corrected chi connectivity index (χ2v) is 4.88. The molecule has 7 heteroatoms. The number of nitrogens with two attached hydrogens (primary N) is 1. The molecule has 0 fully saturated rings. The van der Waals surface area contributed by atoms with Crippen molar-refractivity contribution in [3.8, 4) is 0 Å². The molecule has 3 N–H and O–H groups in total. The molecule has 0 saturated carbocycles. The number of nitrogens with one attached hydrogen (secondary N) is 1. The van der Waals surface area contributed by atoms with Crippen molar-refractivity contribution in [2.45, 2.75) is 6.92 Å². The minimum atomic E-state index is -0.476. The Bertz CT molecular complexity index is 731. The van der Waals surface area contributed by atoms with Gasteiger partial charge in [-0.15, -0.1) is 0 Å². The van der Waals surface area contributed by atoms with Gasteiger partial charge in [-0.05, 0) is 37.3 Å². The number of hydrogen-bond donors (Lipinski definition) is 2. The largest absolute Gasteiger partial charge is 0.398 e. The Morgan fingerprint density at radius 2 is 2.00 bits per heavy atom. The molecule has 2 aromatic rings. The first-order valence-electron chi connectivity index (χ1n) is 6.00. The lowest BCUT2D eigenvalue weighted by molar-refractivity contribution is -0.385. The van der Waals surface area contributed by atoms with Gasteiger partial charge in [0.05, 0.1) is 10.5 Å². The topological polar surface area (TPSA) is 98.3 Å². The van der Waals surface area contributed by atoms with E-state index in [0.717, 1.165) is 0 Å². The predicted octanol–water partition coefficient (Wildman–Crippen LogP) is 3.39. The summed E-state index contributed by atoms with van der Waals surface area (Å²) in [6, 6.07) is 8.92. The van der Waals surface area contributed by atoms with E-state index in [0.29, 0.717) is 22.0 Å². The number of nitro groups is 1. The lowest BCUT2D eigenvalue weighted by atomic mass is 10.1. The highest BCUT2D eigenvalue weighted by Gasteiger charge is 2.14. The molecule has 2 rings (SSSR count). The van der Waals surface area contributed by atoms with E-state index in [4.69, 9.17) is 17.3 Å². The molecule has 0 radical (unpaired) electrons. The molecule has 0 aliphatic carbocycles. The first-order chi connectivity index (χ1) is 9.88. The molecular formula is C14H12ClN3O3. The van der Waals surface area contributed by atoms with Crippen LogP contribution < -0.4 is 11.1 Å². The minimum absolute atomic E-state index is 0.00438. The zero-order valence-corrected chi connectivity index (χ0v) is 11.8. The molecule has 0 aromatic heterocycles. The molecule has 0 spiro atoms. The number of nitrogens with zero attached hydrogens (tertiary/aromatic N) is 1. The fourth-order valence-electron chi connectivity index (χ4n) is 1.86. The van der Waals surface area contributed by atoms with Crippen LogP contribution in [0.15, 0.2) is 36.4 Å². The summed E-state index contributed by atoms with van der Waals surface area (Å²) in [5, 5.41) is 13.8. The molecule has 0 saturated heterocycles. The standard InChI is InChI=1S/C14H12ClN3O3/c1-8-6-10(3-5-13(8)18(20)21)17-14(19)11-7-9(15)2-4-12(11)16/h2-7H,16H2,1H3,(H,17,19). The van der Waals surface area contributed by atoms with Gasteiger partial charge in [0.1, 0.15) is 0 Å². The summed E-state index contributed by atoms with van der Waals surface area (Å²) in [5.74, 6) is -0.428. The normalized spacial score (nSPS) is 10.2. The van der Waals surface area contributed by atoms with E-state index in [2.05, 4.69) is 5.32 Å². The number of amides is 1. The summed E-state index contributed by atoms with van der Waals surface area (Å²) in [6.45, 7) is 1.60. The number of benzene rings is 2. The molecule has 6 nitrogen and oxygen atoms in total. The highest BCUT2D eigenvalue weighted by molar-refractivity contribution is 6.31. The van der Waals surface area contributed by atoms with Crippen molar-refractivity contribution in [1.29, 1.82) is 0 Å². The monoisotopic (exact) mass is 305 g/mol. The van der Waals surface area contributed by atoms with Crippen LogP contribution in [0.25, 0.3) is 0 Å². The molecular weight excluding hydrogens is 294 g/mol. The molecule has 0 unspecified atom stereocenters. The lowest BCUT2D eigenvalue weighted by Gasteiger charge is -2.08. The maximum absolute atomic E-state index is 12.1. The van der Waals surface area contributed by atoms with Crippen molar-refractivity contribution in [2.75, 3.05) is 11.1 Å². The fraction of sp³-hybridized carbons (Fsp3) is 0.0714. The second kappa shape index (κ2) is 5.80. The first kappa shape index (κ1) is 14.8. The zero-order chi connectivity index (χ0) is 15.6. The number of carbonyl (C=O) groups is 1. The molecule has 21 heavy (non-hydrogen) atoms. The molecule has 0 atom stereocenters. The lowest BCUT2D eigenvalue weighted by Crippen LogP contribution is -2.14. The van der Waals surface area contributed by atoms with Crippen LogP contribution >= 0.6 is 11.6 Å². The van der Waals surface area contributed by atoms with Gasteiger partial charge in [-0.2, -0.15) is 0 Å². The van der Waals surface area contributed by atoms with Crippen molar-refractivity contribution < 1.29 is 9.72 Å². The van der Waals surface area contributed by atoms with E-state index < -0.39 is 10.8 Å². The second-order valence-electron chi connectivity index (χ2n) is 4.44. The number of nitrogen functional groups attached to an aromatic ring is 1.